The van der Waals surface area contributed by atoms with Crippen molar-refractivity contribution in [3.63, 3.8) is 0 Å². The number of hydrogen-bond acceptors (Lipinski definition) is 2. The van der Waals surface area contributed by atoms with Gasteiger partial charge < -0.3 is 10.6 Å². The van der Waals surface area contributed by atoms with Gasteiger partial charge in [-0.15, -0.1) is 12.4 Å². The standard InChI is InChI=1S/C13H16F2N2O.ClH/c14-13(15,10-5-2-1-3-6-10)12(18)17-11-7-4-8-16-9-11;/h1-3,5-6,11,16H,4,7-9H2,(H,17,18);1H/t11-;/m0./s1. The Labute approximate surface area is 117 Å². The van der Waals surface area contributed by atoms with Crippen LogP contribution < -0.4 is 10.6 Å². The third-order valence-corrected chi connectivity index (χ3v) is 3.05. The van der Waals surface area contributed by atoms with Crippen LogP contribution in [0, 0.1) is 0 Å². The van der Waals surface area contributed by atoms with Gasteiger partial charge in [-0.2, -0.15) is 8.78 Å². The third-order valence-electron chi connectivity index (χ3n) is 3.05. The van der Waals surface area contributed by atoms with Crippen LogP contribution in [0.25, 0.3) is 0 Å². The summed E-state index contributed by atoms with van der Waals surface area (Å²) in [6.07, 6.45) is 1.63. The minimum Gasteiger partial charge on any atom is -0.347 e. The number of carbonyl (C=O) groups is 1. The molecule has 0 spiro atoms. The molecule has 6 heteroatoms. The minimum absolute atomic E-state index is 0. The molecule has 0 radical (unpaired) electrons. The zero-order valence-corrected chi connectivity index (χ0v) is 11.2. The molecule has 0 aromatic heterocycles. The number of piperidine rings is 1. The lowest BCUT2D eigenvalue weighted by molar-refractivity contribution is -0.147. The number of carbonyl (C=O) groups excluding carboxylic acids is 1. The molecule has 1 fully saturated rings. The molecule has 0 bridgehead atoms. The Balaban J connectivity index is 0.00000180. The molecule has 2 N–H and O–H groups in total. The fourth-order valence-corrected chi connectivity index (χ4v) is 2.03. The minimum atomic E-state index is -3.47. The highest BCUT2D eigenvalue weighted by Crippen LogP contribution is 2.28. The number of amides is 1. The molecule has 0 unspecified atom stereocenters. The molecule has 19 heavy (non-hydrogen) atoms. The average Bonchev–Trinajstić information content (AvgIpc) is 2.41. The van der Waals surface area contributed by atoms with E-state index in [-0.39, 0.29) is 24.0 Å². The fourth-order valence-electron chi connectivity index (χ4n) is 2.03. The van der Waals surface area contributed by atoms with Gasteiger partial charge in [-0.25, -0.2) is 0 Å². The largest absolute Gasteiger partial charge is 0.349 e. The molecule has 1 aromatic carbocycles. The molecule has 1 amide bonds. The van der Waals surface area contributed by atoms with Crippen molar-refractivity contribution in [1.29, 1.82) is 0 Å². The second-order valence-electron chi connectivity index (χ2n) is 4.46. The summed E-state index contributed by atoms with van der Waals surface area (Å²) in [6.45, 7) is 1.43. The molecule has 0 aliphatic carbocycles. The van der Waals surface area contributed by atoms with Crippen molar-refractivity contribution in [2.75, 3.05) is 13.1 Å². The Kier molecular flexibility index (Phi) is 5.69. The molecule has 0 saturated carbocycles. The first kappa shape index (κ1) is 15.9. The van der Waals surface area contributed by atoms with Crippen molar-refractivity contribution in [3.05, 3.63) is 35.9 Å². The first-order valence-electron chi connectivity index (χ1n) is 6.06. The van der Waals surface area contributed by atoms with Crippen molar-refractivity contribution < 1.29 is 13.6 Å². The number of hydrogen-bond donors (Lipinski definition) is 2. The monoisotopic (exact) mass is 290 g/mol. The maximum absolute atomic E-state index is 13.9. The Morgan fingerprint density at radius 3 is 2.58 bits per heavy atom. The molecule has 106 valence electrons. The lowest BCUT2D eigenvalue weighted by atomic mass is 10.0. The van der Waals surface area contributed by atoms with E-state index in [4.69, 9.17) is 0 Å². The van der Waals surface area contributed by atoms with E-state index in [0.717, 1.165) is 19.4 Å². The average molecular weight is 291 g/mol. The Morgan fingerprint density at radius 2 is 2.00 bits per heavy atom. The van der Waals surface area contributed by atoms with Crippen LogP contribution in [-0.4, -0.2) is 25.0 Å². The highest BCUT2D eigenvalue weighted by Gasteiger charge is 2.41. The summed E-state index contributed by atoms with van der Waals surface area (Å²) in [4.78, 5) is 11.6. The predicted octanol–water partition coefficient (Wildman–Crippen LogP) is 2.07. The van der Waals surface area contributed by atoms with Gasteiger partial charge in [-0.1, -0.05) is 30.3 Å². The number of rotatable bonds is 3. The molecule has 1 saturated heterocycles. The van der Waals surface area contributed by atoms with Crippen LogP contribution in [0.2, 0.25) is 0 Å². The van der Waals surface area contributed by atoms with E-state index in [2.05, 4.69) is 10.6 Å². The van der Waals surface area contributed by atoms with Gasteiger partial charge in [0.25, 0.3) is 5.91 Å². The van der Waals surface area contributed by atoms with Crippen molar-refractivity contribution in [2.24, 2.45) is 0 Å². The van der Waals surface area contributed by atoms with E-state index >= 15 is 0 Å². The van der Waals surface area contributed by atoms with Gasteiger partial charge in [-0.05, 0) is 19.4 Å². The van der Waals surface area contributed by atoms with E-state index in [1.54, 1.807) is 6.07 Å². The van der Waals surface area contributed by atoms with Gasteiger partial charge in [0, 0.05) is 18.2 Å². The Bertz CT molecular complexity index is 408. The number of halogens is 3. The van der Waals surface area contributed by atoms with Crippen LogP contribution in [0.15, 0.2) is 30.3 Å². The normalized spacial score (nSPS) is 19.4. The van der Waals surface area contributed by atoms with Crippen LogP contribution in [0.1, 0.15) is 18.4 Å². The number of nitrogens with one attached hydrogen (secondary N) is 2. The summed E-state index contributed by atoms with van der Waals surface area (Å²) >= 11 is 0. The second-order valence-corrected chi connectivity index (χ2v) is 4.46. The maximum Gasteiger partial charge on any atom is 0.349 e. The van der Waals surface area contributed by atoms with E-state index in [1.807, 2.05) is 0 Å². The Morgan fingerprint density at radius 1 is 1.32 bits per heavy atom. The van der Waals surface area contributed by atoms with Gasteiger partial charge in [-0.3, -0.25) is 4.79 Å². The van der Waals surface area contributed by atoms with E-state index in [0.29, 0.717) is 6.54 Å². The predicted molar refractivity (Wildman–Crippen MR) is 71.6 cm³/mol. The van der Waals surface area contributed by atoms with Gasteiger partial charge in [0.15, 0.2) is 0 Å². The second kappa shape index (κ2) is 6.82. The fraction of sp³-hybridized carbons (Fsp3) is 0.462. The van der Waals surface area contributed by atoms with E-state index in [1.165, 1.54) is 24.3 Å². The molecule has 1 atom stereocenters. The number of alkyl halides is 2. The number of benzene rings is 1. The van der Waals surface area contributed by atoms with E-state index in [9.17, 15) is 13.6 Å². The molecule has 1 aliphatic heterocycles. The van der Waals surface area contributed by atoms with Crippen molar-refractivity contribution in [3.8, 4) is 0 Å². The molecule has 1 aromatic rings. The summed E-state index contributed by atoms with van der Waals surface area (Å²) in [5.41, 5.74) is -0.272. The third kappa shape index (κ3) is 3.88. The zero-order chi connectivity index (χ0) is 13.0. The van der Waals surface area contributed by atoms with Crippen LogP contribution in [0.4, 0.5) is 8.78 Å². The van der Waals surface area contributed by atoms with Gasteiger partial charge >= 0.3 is 5.92 Å². The van der Waals surface area contributed by atoms with E-state index < -0.39 is 11.8 Å². The van der Waals surface area contributed by atoms with Gasteiger partial charge in [0.05, 0.1) is 0 Å². The molecule has 1 aliphatic rings. The molecule has 1 heterocycles. The molecular formula is C13H17ClF2N2O. The van der Waals surface area contributed by atoms with Gasteiger partial charge in [0.2, 0.25) is 0 Å². The lowest BCUT2D eigenvalue weighted by Gasteiger charge is -2.26. The maximum atomic E-state index is 13.9. The lowest BCUT2D eigenvalue weighted by Crippen LogP contribution is -2.50. The molecular weight excluding hydrogens is 274 g/mol. The summed E-state index contributed by atoms with van der Waals surface area (Å²) in [7, 11) is 0. The Hall–Kier alpha value is -1.20. The van der Waals surface area contributed by atoms with Crippen molar-refractivity contribution >= 4 is 18.3 Å². The van der Waals surface area contributed by atoms with Crippen LogP contribution in [0.3, 0.4) is 0 Å². The van der Waals surface area contributed by atoms with Crippen LogP contribution in [-0.2, 0) is 10.7 Å². The summed E-state index contributed by atoms with van der Waals surface area (Å²) in [5.74, 6) is -4.69. The van der Waals surface area contributed by atoms with Gasteiger partial charge in [0.1, 0.15) is 0 Å². The molecule has 3 nitrogen and oxygen atoms in total. The highest BCUT2D eigenvalue weighted by molar-refractivity contribution is 5.85. The summed E-state index contributed by atoms with van der Waals surface area (Å²) in [6, 6.07) is 6.96. The topological polar surface area (TPSA) is 41.1 Å². The first-order chi connectivity index (χ1) is 8.60. The summed E-state index contributed by atoms with van der Waals surface area (Å²) < 4.78 is 27.7. The highest BCUT2D eigenvalue weighted by atomic mass is 35.5. The first-order valence-corrected chi connectivity index (χ1v) is 6.06. The van der Waals surface area contributed by atoms with Crippen molar-refractivity contribution in [2.45, 2.75) is 24.8 Å². The molecule has 2 rings (SSSR count). The summed E-state index contributed by atoms with van der Waals surface area (Å²) in [5, 5.41) is 5.48. The SMILES string of the molecule is Cl.O=C(N[C@H]1CCCNC1)C(F)(F)c1ccccc1. The quantitative estimate of drug-likeness (QED) is 0.895. The van der Waals surface area contributed by atoms with Crippen LogP contribution >= 0.6 is 12.4 Å². The zero-order valence-electron chi connectivity index (χ0n) is 10.4. The smallest absolute Gasteiger partial charge is 0.347 e. The van der Waals surface area contributed by atoms with Crippen molar-refractivity contribution in [1.82, 2.24) is 10.6 Å². The van der Waals surface area contributed by atoms with Crippen LogP contribution in [0.5, 0.6) is 0 Å².